The van der Waals surface area contributed by atoms with Crippen LogP contribution >= 0.6 is 35.6 Å². The maximum absolute atomic E-state index is 12.6. The van der Waals surface area contributed by atoms with Crippen LogP contribution in [0.15, 0.2) is 68.5 Å². The first-order valence-electron chi connectivity index (χ1n) is 7.74. The molecule has 0 aliphatic carbocycles. The Morgan fingerprint density at radius 1 is 1.15 bits per heavy atom. The summed E-state index contributed by atoms with van der Waals surface area (Å²) in [6.07, 6.45) is 3.27. The number of hydrogen-bond donors (Lipinski definition) is 0. The first-order chi connectivity index (χ1) is 12.6. The molecular weight excluding hydrogens is 390 g/mol. The highest BCUT2D eigenvalue weighted by Gasteiger charge is 2.32. The van der Waals surface area contributed by atoms with Crippen molar-refractivity contribution < 1.29 is 13.6 Å². The van der Waals surface area contributed by atoms with Crippen LogP contribution in [0, 0.1) is 0 Å². The monoisotopic (exact) mass is 401 g/mol. The smallest absolute Gasteiger partial charge is 0.266 e. The number of furan rings is 2. The highest BCUT2D eigenvalue weighted by Crippen LogP contribution is 2.35. The van der Waals surface area contributed by atoms with Gasteiger partial charge in [-0.25, -0.2) is 0 Å². The van der Waals surface area contributed by atoms with Crippen molar-refractivity contribution in [3.05, 3.63) is 76.2 Å². The summed E-state index contributed by atoms with van der Waals surface area (Å²) < 4.78 is 11.6. The Bertz CT molecular complexity index is 1010. The molecule has 26 heavy (non-hydrogen) atoms. The maximum atomic E-state index is 12.6. The number of benzene rings is 1. The summed E-state index contributed by atoms with van der Waals surface area (Å²) in [6, 6.07) is 14.7. The molecule has 0 saturated carbocycles. The molecule has 130 valence electrons. The van der Waals surface area contributed by atoms with E-state index in [1.54, 1.807) is 30.5 Å². The molecule has 1 aromatic carbocycles. The number of thioether (sulfide) groups is 1. The number of halogens is 1. The summed E-state index contributed by atoms with van der Waals surface area (Å²) in [6.45, 7) is 0.317. The first kappa shape index (κ1) is 17.1. The molecular formula is C19H12ClNO3S2. The van der Waals surface area contributed by atoms with Gasteiger partial charge in [-0.15, -0.1) is 0 Å². The summed E-state index contributed by atoms with van der Waals surface area (Å²) in [5, 5.41) is 0.609. The molecule has 0 unspecified atom stereocenters. The Hall–Kier alpha value is -2.28. The fraction of sp³-hybridized carbons (Fsp3) is 0.0526. The predicted octanol–water partition coefficient (Wildman–Crippen LogP) is 5.59. The van der Waals surface area contributed by atoms with Gasteiger partial charge >= 0.3 is 0 Å². The van der Waals surface area contributed by atoms with E-state index in [1.807, 2.05) is 30.3 Å². The van der Waals surface area contributed by atoms with E-state index in [0.29, 0.717) is 38.1 Å². The quantitative estimate of drug-likeness (QED) is 0.421. The van der Waals surface area contributed by atoms with Gasteiger partial charge in [-0.1, -0.05) is 47.7 Å². The molecule has 1 amide bonds. The van der Waals surface area contributed by atoms with Gasteiger partial charge < -0.3 is 8.83 Å². The molecule has 0 N–H and O–H groups in total. The summed E-state index contributed by atoms with van der Waals surface area (Å²) in [5.74, 6) is 1.74. The van der Waals surface area contributed by atoms with Crippen LogP contribution in [0.25, 0.3) is 17.4 Å². The molecule has 4 nitrogen and oxygen atoms in total. The third-order valence-electron chi connectivity index (χ3n) is 3.81. The Labute approximate surface area is 164 Å². The van der Waals surface area contributed by atoms with Gasteiger partial charge in [0.2, 0.25) is 0 Å². The Morgan fingerprint density at radius 3 is 2.77 bits per heavy atom. The second-order valence-corrected chi connectivity index (χ2v) is 7.61. The average Bonchev–Trinajstić information content (AvgIpc) is 3.35. The van der Waals surface area contributed by atoms with Crippen molar-refractivity contribution in [1.82, 2.24) is 4.90 Å². The fourth-order valence-corrected chi connectivity index (χ4v) is 4.02. The minimum absolute atomic E-state index is 0.160. The van der Waals surface area contributed by atoms with Crippen molar-refractivity contribution in [2.24, 2.45) is 0 Å². The van der Waals surface area contributed by atoms with Crippen LogP contribution in [0.2, 0.25) is 5.02 Å². The van der Waals surface area contributed by atoms with Crippen LogP contribution in [0.3, 0.4) is 0 Å². The molecule has 3 aromatic rings. The van der Waals surface area contributed by atoms with Crippen molar-refractivity contribution in [2.75, 3.05) is 0 Å². The van der Waals surface area contributed by atoms with E-state index < -0.39 is 0 Å². The second-order valence-electron chi connectivity index (χ2n) is 5.53. The van der Waals surface area contributed by atoms with Gasteiger partial charge in [0.05, 0.1) is 22.7 Å². The number of amides is 1. The zero-order valence-corrected chi connectivity index (χ0v) is 15.7. The van der Waals surface area contributed by atoms with E-state index in [1.165, 1.54) is 16.7 Å². The molecule has 0 bridgehead atoms. The van der Waals surface area contributed by atoms with Crippen LogP contribution in [0.1, 0.15) is 11.5 Å². The average molecular weight is 402 g/mol. The number of thiocarbonyl (C=S) groups is 1. The predicted molar refractivity (Wildman–Crippen MR) is 107 cm³/mol. The topological polar surface area (TPSA) is 46.6 Å². The van der Waals surface area contributed by atoms with Gasteiger partial charge in [-0.3, -0.25) is 9.69 Å². The van der Waals surface area contributed by atoms with Gasteiger partial charge in [0, 0.05) is 11.6 Å². The lowest BCUT2D eigenvalue weighted by Gasteiger charge is -2.11. The van der Waals surface area contributed by atoms with Gasteiger partial charge in [-0.2, -0.15) is 0 Å². The Kier molecular flexibility index (Phi) is 4.72. The largest absolute Gasteiger partial charge is 0.467 e. The number of carbonyl (C=O) groups is 1. The fourth-order valence-electron chi connectivity index (χ4n) is 2.56. The van der Waals surface area contributed by atoms with Crippen molar-refractivity contribution in [3.63, 3.8) is 0 Å². The van der Waals surface area contributed by atoms with Crippen LogP contribution in [0.5, 0.6) is 0 Å². The summed E-state index contributed by atoms with van der Waals surface area (Å²) in [7, 11) is 0. The van der Waals surface area contributed by atoms with Crippen LogP contribution in [-0.4, -0.2) is 15.1 Å². The van der Waals surface area contributed by atoms with Crippen LogP contribution in [0.4, 0.5) is 0 Å². The van der Waals surface area contributed by atoms with E-state index in [9.17, 15) is 4.79 Å². The van der Waals surface area contributed by atoms with E-state index in [0.717, 1.165) is 5.56 Å². The van der Waals surface area contributed by atoms with Crippen molar-refractivity contribution in [3.8, 4) is 11.3 Å². The molecule has 1 aliphatic heterocycles. The van der Waals surface area contributed by atoms with Crippen LogP contribution < -0.4 is 0 Å². The number of nitrogens with zero attached hydrogens (tertiary/aromatic N) is 1. The lowest BCUT2D eigenvalue weighted by molar-refractivity contribution is -0.122. The molecule has 1 aliphatic rings. The third kappa shape index (κ3) is 3.35. The molecule has 4 rings (SSSR count). The molecule has 0 spiro atoms. The minimum Gasteiger partial charge on any atom is -0.467 e. The van der Waals surface area contributed by atoms with Gasteiger partial charge in [0.1, 0.15) is 21.6 Å². The summed E-state index contributed by atoms with van der Waals surface area (Å²) in [4.78, 5) is 14.7. The van der Waals surface area contributed by atoms with Crippen molar-refractivity contribution >= 4 is 51.9 Å². The molecule has 0 radical (unpaired) electrons. The standard InChI is InChI=1S/C19H12ClNO3S2/c20-15-6-2-1-5-14(15)16-8-7-12(24-16)10-17-18(22)21(19(25)26-17)11-13-4-3-9-23-13/h1-10H,11H2. The first-order valence-corrected chi connectivity index (χ1v) is 9.34. The summed E-state index contributed by atoms with van der Waals surface area (Å²) >= 11 is 12.8. The minimum atomic E-state index is -0.160. The Balaban J connectivity index is 1.56. The zero-order chi connectivity index (χ0) is 18.1. The van der Waals surface area contributed by atoms with Gasteiger partial charge in [0.25, 0.3) is 5.91 Å². The van der Waals surface area contributed by atoms with Crippen LogP contribution in [-0.2, 0) is 11.3 Å². The number of hydrogen-bond acceptors (Lipinski definition) is 5. The lowest BCUT2D eigenvalue weighted by Crippen LogP contribution is -2.27. The highest BCUT2D eigenvalue weighted by atomic mass is 35.5. The summed E-state index contributed by atoms with van der Waals surface area (Å²) in [5.41, 5.74) is 0.805. The SMILES string of the molecule is O=C1C(=Cc2ccc(-c3ccccc3Cl)o2)SC(=S)N1Cc1ccco1. The van der Waals surface area contributed by atoms with E-state index in [2.05, 4.69) is 0 Å². The molecule has 3 heterocycles. The van der Waals surface area contributed by atoms with E-state index in [-0.39, 0.29) is 5.91 Å². The third-order valence-corrected chi connectivity index (χ3v) is 5.51. The van der Waals surface area contributed by atoms with Gasteiger partial charge in [0.15, 0.2) is 0 Å². The number of carbonyl (C=O) groups excluding carboxylic acids is 1. The van der Waals surface area contributed by atoms with Crippen molar-refractivity contribution in [1.29, 1.82) is 0 Å². The highest BCUT2D eigenvalue weighted by molar-refractivity contribution is 8.26. The second kappa shape index (κ2) is 7.15. The molecule has 0 atom stereocenters. The van der Waals surface area contributed by atoms with E-state index >= 15 is 0 Å². The molecule has 1 saturated heterocycles. The Morgan fingerprint density at radius 2 is 2.00 bits per heavy atom. The zero-order valence-electron chi connectivity index (χ0n) is 13.3. The molecule has 2 aromatic heterocycles. The van der Waals surface area contributed by atoms with E-state index in [4.69, 9.17) is 32.7 Å². The normalized spacial score (nSPS) is 16.0. The lowest BCUT2D eigenvalue weighted by atomic mass is 10.2. The maximum Gasteiger partial charge on any atom is 0.266 e. The van der Waals surface area contributed by atoms with Crippen molar-refractivity contribution in [2.45, 2.75) is 6.54 Å². The molecule has 7 heteroatoms. The molecule has 1 fully saturated rings. The number of rotatable bonds is 4. The van der Waals surface area contributed by atoms with Gasteiger partial charge in [-0.05, 0) is 36.4 Å².